The Morgan fingerprint density at radius 1 is 1.00 bits per heavy atom. The van der Waals surface area contributed by atoms with Gasteiger partial charge in [0.1, 0.15) is 5.82 Å². The first kappa shape index (κ1) is 23.3. The van der Waals surface area contributed by atoms with Gasteiger partial charge in [0, 0.05) is 22.9 Å². The van der Waals surface area contributed by atoms with Crippen LogP contribution in [0.2, 0.25) is 25.1 Å². The standard InChI is InChI=1S/C20H11Cl5N4O2S/c21-10-2-1-9(11(22)6-10)5-16-19(31)29-17(27-28-20(29)32-16)3-4-18(30)26-15-8-13(24)12(23)7-14(15)25/h1-2,5-8H,3-4H2,(H,26,30)/b16-5-. The Balaban J connectivity index is 1.55. The molecule has 0 unspecified atom stereocenters. The summed E-state index contributed by atoms with van der Waals surface area (Å²) in [6, 6.07) is 7.93. The highest BCUT2D eigenvalue weighted by atomic mass is 35.5. The zero-order chi connectivity index (χ0) is 23.0. The van der Waals surface area contributed by atoms with E-state index in [0.717, 1.165) is 0 Å². The van der Waals surface area contributed by atoms with Crippen LogP contribution in [0.1, 0.15) is 17.8 Å². The molecule has 1 N–H and O–H groups in total. The number of hydrogen-bond donors (Lipinski definition) is 1. The first-order valence-electron chi connectivity index (χ1n) is 9.01. The molecule has 0 atom stereocenters. The lowest BCUT2D eigenvalue weighted by atomic mass is 10.2. The van der Waals surface area contributed by atoms with Gasteiger partial charge in [0.25, 0.3) is 5.56 Å². The molecule has 0 radical (unpaired) electrons. The second kappa shape index (κ2) is 9.55. The quantitative estimate of drug-likeness (QED) is 0.333. The van der Waals surface area contributed by atoms with E-state index in [9.17, 15) is 9.59 Å². The van der Waals surface area contributed by atoms with Crippen molar-refractivity contribution < 1.29 is 4.79 Å². The molecule has 0 aliphatic rings. The molecule has 12 heteroatoms. The van der Waals surface area contributed by atoms with Gasteiger partial charge in [0.05, 0.1) is 25.3 Å². The number of carbonyl (C=O) groups is 1. The number of thiazole rings is 1. The summed E-state index contributed by atoms with van der Waals surface area (Å²) >= 11 is 31.3. The van der Waals surface area contributed by atoms with Crippen molar-refractivity contribution in [3.05, 3.63) is 81.7 Å². The number of benzene rings is 2. The van der Waals surface area contributed by atoms with Gasteiger partial charge in [0.2, 0.25) is 10.9 Å². The maximum absolute atomic E-state index is 12.9. The van der Waals surface area contributed by atoms with Crippen molar-refractivity contribution in [3.8, 4) is 0 Å². The molecule has 2 heterocycles. The number of hydrogen-bond acceptors (Lipinski definition) is 5. The molecule has 2 aromatic carbocycles. The molecule has 0 saturated heterocycles. The normalized spacial score (nSPS) is 12.0. The van der Waals surface area contributed by atoms with Crippen molar-refractivity contribution >= 4 is 92.0 Å². The number of halogens is 5. The van der Waals surface area contributed by atoms with Crippen LogP contribution in [0.5, 0.6) is 0 Å². The second-order valence-electron chi connectivity index (χ2n) is 6.61. The minimum atomic E-state index is -0.329. The molecule has 0 aliphatic carbocycles. The van der Waals surface area contributed by atoms with Crippen LogP contribution in [0.25, 0.3) is 11.0 Å². The van der Waals surface area contributed by atoms with Gasteiger partial charge in [-0.3, -0.25) is 9.59 Å². The third-order valence-corrected chi connectivity index (χ3v) is 6.98. The summed E-state index contributed by atoms with van der Waals surface area (Å²) in [5.74, 6) is 0.0444. The Bertz CT molecular complexity index is 1470. The van der Waals surface area contributed by atoms with E-state index in [1.807, 2.05) is 0 Å². The van der Waals surface area contributed by atoms with E-state index in [1.54, 1.807) is 24.3 Å². The molecule has 0 aliphatic heterocycles. The third-order valence-electron chi connectivity index (χ3n) is 4.42. The number of aromatic nitrogens is 3. The van der Waals surface area contributed by atoms with Gasteiger partial charge >= 0.3 is 0 Å². The van der Waals surface area contributed by atoms with E-state index >= 15 is 0 Å². The van der Waals surface area contributed by atoms with Crippen LogP contribution < -0.4 is 15.4 Å². The van der Waals surface area contributed by atoms with Gasteiger partial charge in [-0.1, -0.05) is 75.4 Å². The fraction of sp³-hybridized carbons (Fsp3) is 0.100. The Hall–Kier alpha value is -1.87. The molecule has 0 fully saturated rings. The van der Waals surface area contributed by atoms with E-state index in [-0.39, 0.29) is 39.4 Å². The number of nitrogens with one attached hydrogen (secondary N) is 1. The number of aryl methyl sites for hydroxylation is 1. The fourth-order valence-corrected chi connectivity index (χ4v) is 4.87. The summed E-state index contributed by atoms with van der Waals surface area (Å²) < 4.78 is 1.83. The third kappa shape index (κ3) is 4.88. The number of fused-ring (bicyclic) bond motifs is 1. The summed E-state index contributed by atoms with van der Waals surface area (Å²) in [6.45, 7) is 0. The Morgan fingerprint density at radius 2 is 1.75 bits per heavy atom. The smallest absolute Gasteiger partial charge is 0.275 e. The molecular weight excluding hydrogens is 538 g/mol. The SMILES string of the molecule is O=C(CCc1nnc2s/c(=C\c3ccc(Cl)cc3Cl)c(=O)n12)Nc1cc(Cl)c(Cl)cc1Cl. The molecule has 4 aromatic rings. The van der Waals surface area contributed by atoms with E-state index in [1.165, 1.54) is 27.9 Å². The molecule has 1 amide bonds. The zero-order valence-electron chi connectivity index (χ0n) is 15.8. The maximum Gasteiger partial charge on any atom is 0.275 e. The number of carbonyl (C=O) groups excluding carboxylic acids is 1. The lowest BCUT2D eigenvalue weighted by Crippen LogP contribution is -2.25. The van der Waals surface area contributed by atoms with Crippen molar-refractivity contribution in [1.29, 1.82) is 0 Å². The van der Waals surface area contributed by atoms with Crippen molar-refractivity contribution in [2.45, 2.75) is 12.8 Å². The van der Waals surface area contributed by atoms with E-state index in [4.69, 9.17) is 58.0 Å². The lowest BCUT2D eigenvalue weighted by molar-refractivity contribution is -0.116. The highest BCUT2D eigenvalue weighted by Crippen LogP contribution is 2.32. The molecule has 0 saturated carbocycles. The number of amides is 1. The molecule has 2 aromatic heterocycles. The summed E-state index contributed by atoms with van der Waals surface area (Å²) in [4.78, 5) is 25.7. The monoisotopic (exact) mass is 546 g/mol. The minimum absolute atomic E-state index is 0.0503. The topological polar surface area (TPSA) is 76.4 Å². The Labute approximate surface area is 210 Å². The van der Waals surface area contributed by atoms with Gasteiger partial charge in [-0.15, -0.1) is 10.2 Å². The van der Waals surface area contributed by atoms with Gasteiger partial charge in [0.15, 0.2) is 0 Å². The highest BCUT2D eigenvalue weighted by molar-refractivity contribution is 7.15. The van der Waals surface area contributed by atoms with Crippen LogP contribution in [-0.4, -0.2) is 20.5 Å². The fourth-order valence-electron chi connectivity index (χ4n) is 2.89. The molecular formula is C20H11Cl5N4O2S. The van der Waals surface area contributed by atoms with Gasteiger partial charge in [-0.05, 0) is 35.9 Å². The van der Waals surface area contributed by atoms with Crippen LogP contribution in [0, 0.1) is 0 Å². The van der Waals surface area contributed by atoms with E-state index < -0.39 is 0 Å². The second-order valence-corrected chi connectivity index (χ2v) is 9.68. The van der Waals surface area contributed by atoms with Crippen LogP contribution in [0.15, 0.2) is 35.1 Å². The van der Waals surface area contributed by atoms with Gasteiger partial charge < -0.3 is 5.32 Å². The summed E-state index contributed by atoms with van der Waals surface area (Å²) in [6.07, 6.45) is 1.91. The zero-order valence-corrected chi connectivity index (χ0v) is 20.4. The first-order chi connectivity index (χ1) is 15.2. The maximum atomic E-state index is 12.9. The number of nitrogens with zero attached hydrogens (tertiary/aromatic N) is 3. The molecule has 0 spiro atoms. The lowest BCUT2D eigenvalue weighted by Gasteiger charge is -2.08. The van der Waals surface area contributed by atoms with Crippen molar-refractivity contribution in [1.82, 2.24) is 14.6 Å². The summed E-state index contributed by atoms with van der Waals surface area (Å²) in [7, 11) is 0. The molecule has 0 bridgehead atoms. The van der Waals surface area contributed by atoms with Crippen LogP contribution in [-0.2, 0) is 11.2 Å². The summed E-state index contributed by atoms with van der Waals surface area (Å²) in [5.41, 5.74) is 0.711. The molecule has 6 nitrogen and oxygen atoms in total. The van der Waals surface area contributed by atoms with Crippen LogP contribution in [0.3, 0.4) is 0 Å². The molecule has 32 heavy (non-hydrogen) atoms. The molecule has 4 rings (SSSR count). The van der Waals surface area contributed by atoms with Gasteiger partial charge in [-0.2, -0.15) is 0 Å². The van der Waals surface area contributed by atoms with Crippen LogP contribution >= 0.6 is 69.3 Å². The predicted octanol–water partition coefficient (Wildman–Crippen LogP) is 5.54. The van der Waals surface area contributed by atoms with E-state index in [2.05, 4.69) is 15.5 Å². The van der Waals surface area contributed by atoms with Crippen molar-refractivity contribution in [3.63, 3.8) is 0 Å². The van der Waals surface area contributed by atoms with Crippen molar-refractivity contribution in [2.24, 2.45) is 0 Å². The number of anilines is 1. The van der Waals surface area contributed by atoms with Gasteiger partial charge in [-0.25, -0.2) is 4.40 Å². The molecule has 164 valence electrons. The summed E-state index contributed by atoms with van der Waals surface area (Å²) in [5, 5.41) is 12.5. The highest BCUT2D eigenvalue weighted by Gasteiger charge is 2.15. The Kier molecular flexibility index (Phi) is 6.95. The average molecular weight is 549 g/mol. The number of rotatable bonds is 5. The average Bonchev–Trinajstić information content (AvgIpc) is 3.27. The van der Waals surface area contributed by atoms with Crippen molar-refractivity contribution in [2.75, 3.05) is 5.32 Å². The predicted molar refractivity (Wildman–Crippen MR) is 131 cm³/mol. The van der Waals surface area contributed by atoms with E-state index in [0.29, 0.717) is 36.6 Å². The first-order valence-corrected chi connectivity index (χ1v) is 11.7. The largest absolute Gasteiger partial charge is 0.325 e. The minimum Gasteiger partial charge on any atom is -0.325 e. The van der Waals surface area contributed by atoms with Crippen LogP contribution in [0.4, 0.5) is 5.69 Å². The Morgan fingerprint density at radius 3 is 2.50 bits per heavy atom.